The van der Waals surface area contributed by atoms with Crippen molar-refractivity contribution in [2.75, 3.05) is 54.9 Å². The van der Waals surface area contributed by atoms with Crippen LogP contribution in [0, 0.1) is 29.6 Å². The Morgan fingerprint density at radius 3 is 1.73 bits per heavy atom. The molecule has 2 fully saturated rings. The van der Waals surface area contributed by atoms with Crippen LogP contribution in [0.4, 0.5) is 0 Å². The number of benzene rings is 1. The average molecular weight is 1210 g/mol. The van der Waals surface area contributed by atoms with Crippen molar-refractivity contribution >= 4 is 65.1 Å². The number of carbonyl (C=O) groups is 11. The van der Waals surface area contributed by atoms with E-state index in [0.717, 1.165) is 9.80 Å². The Morgan fingerprint density at radius 1 is 0.663 bits per heavy atom. The minimum Gasteiger partial charge on any atom is -0.490 e. The topological polar surface area (TPSA) is 271 Å². The zero-order chi connectivity index (χ0) is 65.4. The van der Waals surface area contributed by atoms with Gasteiger partial charge in [0.25, 0.3) is 5.91 Å². The number of fused-ring (bicyclic) bond motifs is 1. The van der Waals surface area contributed by atoms with E-state index < -0.39 is 168 Å². The van der Waals surface area contributed by atoms with Crippen molar-refractivity contribution in [1.82, 2.24) is 45.3 Å². The number of hydrogen-bond acceptors (Lipinski definition) is 14. The first-order chi connectivity index (χ1) is 40.1. The van der Waals surface area contributed by atoms with Crippen LogP contribution in [0.5, 0.6) is 5.75 Å². The van der Waals surface area contributed by atoms with Crippen molar-refractivity contribution in [3.63, 3.8) is 0 Å². The lowest BCUT2D eigenvalue weighted by molar-refractivity contribution is -0.165. The molecule has 0 saturated carbocycles. The lowest BCUT2D eigenvalue weighted by Crippen LogP contribution is -2.63. The van der Waals surface area contributed by atoms with E-state index in [0.29, 0.717) is 37.0 Å². The van der Waals surface area contributed by atoms with Gasteiger partial charge in [0.05, 0.1) is 13.0 Å². The second-order valence-electron chi connectivity index (χ2n) is 25.2. The highest BCUT2D eigenvalue weighted by atomic mass is 16.6. The van der Waals surface area contributed by atoms with E-state index in [2.05, 4.69) is 22.5 Å². The quantitative estimate of drug-likeness (QED) is 0.175. The number of nitrogens with one attached hydrogen (secondary N) is 3. The van der Waals surface area contributed by atoms with Crippen molar-refractivity contribution < 1.29 is 67.0 Å². The van der Waals surface area contributed by atoms with Crippen molar-refractivity contribution in [3.05, 3.63) is 42.5 Å². The molecule has 23 nitrogen and oxygen atoms in total. The van der Waals surface area contributed by atoms with Crippen LogP contribution in [-0.4, -0.2) is 209 Å². The van der Waals surface area contributed by atoms with Gasteiger partial charge in [-0.15, -0.1) is 0 Å². The molecule has 2 aliphatic heterocycles. The number of nitrogens with zero attached hydrogens (tertiary/aromatic N) is 6. The molecule has 86 heavy (non-hydrogen) atoms. The molecular weight excluding hydrogens is 1110 g/mol. The summed E-state index contributed by atoms with van der Waals surface area (Å²) in [6.07, 6.45) is 1.34. The van der Waals surface area contributed by atoms with E-state index in [1.807, 2.05) is 13.8 Å². The normalized spacial score (nSPS) is 25.8. The van der Waals surface area contributed by atoms with E-state index in [1.54, 1.807) is 107 Å². The second kappa shape index (κ2) is 32.6. The maximum Gasteiger partial charge on any atom is 0.329 e. The lowest BCUT2D eigenvalue weighted by Gasteiger charge is -2.41. The fourth-order valence-corrected chi connectivity index (χ4v) is 11.2. The van der Waals surface area contributed by atoms with Crippen LogP contribution in [0.15, 0.2) is 36.9 Å². The van der Waals surface area contributed by atoms with Gasteiger partial charge >= 0.3 is 11.9 Å². The highest BCUT2D eigenvalue weighted by Crippen LogP contribution is 2.27. The van der Waals surface area contributed by atoms with E-state index >= 15 is 14.4 Å². The predicted molar refractivity (Wildman–Crippen MR) is 324 cm³/mol. The monoisotopic (exact) mass is 1210 g/mol. The number of hydrogen-bond donors (Lipinski definition) is 3. The Bertz CT molecular complexity index is 2570. The first-order valence-corrected chi connectivity index (χ1v) is 30.3. The van der Waals surface area contributed by atoms with Crippen molar-refractivity contribution in [3.8, 4) is 5.75 Å². The molecule has 1 aromatic rings. The summed E-state index contributed by atoms with van der Waals surface area (Å²) in [5.41, 5.74) is -0.430. The number of likely N-dealkylation sites (N-methyl/N-ethyl adjacent to an activating group) is 5. The van der Waals surface area contributed by atoms with Gasteiger partial charge in [-0.05, 0) is 94.2 Å². The van der Waals surface area contributed by atoms with Gasteiger partial charge in [0.15, 0.2) is 6.10 Å². The van der Waals surface area contributed by atoms with Crippen LogP contribution < -0.4 is 20.7 Å². The van der Waals surface area contributed by atoms with Crippen LogP contribution in [0.3, 0.4) is 0 Å². The SMILES string of the molecule is C=CCOc1ccc(C[C@@H]2NC(=O)[C@H](C(C)C)N(C)C(=O)CNC(=O)[C@H]([C@H](C)CC)N(C)C(=O)[C@H]([C@@H](C)CC)N(C)C(=O)[C@@H](CC(=O)OC(C)(C)C)N(C)C(=O)[C@H](C(C)C)NC(=O)[C@H](C(C)C)N(C)C(=O)[C@@H]3CCCCN3C(=O)[C@@H](C)OC2=O)cc1. The van der Waals surface area contributed by atoms with Gasteiger partial charge in [-0.3, -0.25) is 47.9 Å². The van der Waals surface area contributed by atoms with E-state index in [1.165, 1.54) is 61.8 Å². The van der Waals surface area contributed by atoms with E-state index in [9.17, 15) is 38.4 Å². The molecule has 2 saturated heterocycles. The van der Waals surface area contributed by atoms with Gasteiger partial charge < -0.3 is 59.6 Å². The highest BCUT2D eigenvalue weighted by molar-refractivity contribution is 5.99. The number of piperidine rings is 1. The number of ether oxygens (including phenoxy) is 3. The number of cyclic esters (lactones) is 1. The molecule has 0 unspecified atom stereocenters. The summed E-state index contributed by atoms with van der Waals surface area (Å²) in [6, 6.07) is -3.60. The zero-order valence-corrected chi connectivity index (χ0v) is 54.6. The zero-order valence-electron chi connectivity index (χ0n) is 54.6. The number of amides is 9. The molecule has 0 aromatic heterocycles. The molecule has 3 N–H and O–H groups in total. The molecule has 0 spiro atoms. The molecule has 482 valence electrons. The summed E-state index contributed by atoms with van der Waals surface area (Å²) in [4.78, 5) is 168. The first-order valence-electron chi connectivity index (χ1n) is 30.3. The highest BCUT2D eigenvalue weighted by Gasteiger charge is 2.46. The Hall–Kier alpha value is -7.07. The Balaban J connectivity index is 2.31. The van der Waals surface area contributed by atoms with Crippen LogP contribution >= 0.6 is 0 Å². The van der Waals surface area contributed by atoms with Gasteiger partial charge in [0, 0.05) is 48.2 Å². The molecule has 0 aliphatic carbocycles. The van der Waals surface area contributed by atoms with Crippen molar-refractivity contribution in [2.24, 2.45) is 29.6 Å². The van der Waals surface area contributed by atoms with Gasteiger partial charge in [-0.1, -0.05) is 107 Å². The third kappa shape index (κ3) is 19.2. The molecule has 11 atom stereocenters. The third-order valence-electron chi connectivity index (χ3n) is 16.4. The van der Waals surface area contributed by atoms with Crippen LogP contribution in [-0.2, 0) is 68.6 Å². The molecule has 2 heterocycles. The largest absolute Gasteiger partial charge is 0.490 e. The second-order valence-corrected chi connectivity index (χ2v) is 25.2. The fraction of sp³-hybridized carbons (Fsp3) is 0.698. The maximum atomic E-state index is 15.2. The lowest BCUT2D eigenvalue weighted by atomic mass is 9.92. The first kappa shape index (κ1) is 73.2. The number of esters is 2. The average Bonchev–Trinajstić information content (AvgIpc) is 2.23. The molecule has 9 amide bonds. The summed E-state index contributed by atoms with van der Waals surface area (Å²) in [5, 5.41) is 8.31. The Morgan fingerprint density at radius 2 is 1.20 bits per heavy atom. The molecule has 0 bridgehead atoms. The summed E-state index contributed by atoms with van der Waals surface area (Å²) in [7, 11) is 6.95. The minimum absolute atomic E-state index is 0.108. The fourth-order valence-electron chi connectivity index (χ4n) is 11.2. The van der Waals surface area contributed by atoms with Crippen molar-refractivity contribution in [2.45, 2.75) is 202 Å². The standard InChI is InChI=1S/C63H101N9O14/c1-21-32-84-43-29-27-42(28-30-43)33-44-62(83)85-41(12)57(78)72-31-25-24-26-45(72)58(79)69(18)51(38(8)9)56(77)66-49(36(4)5)60(81)67(16)46(34-48(74)86-63(13,14)15)59(80)71(20)53(40(11)23-3)61(82)70(19)52(39(10)22-2)54(75)64-35-47(73)68(17)50(37(6)7)55(76)65-44/h21,27-30,36-41,44-46,49-53H,1,22-26,31-35H2,2-20H3,(H,64,75)(H,65,76)(H,66,77)/t39-,40+,41-,44+,45+,46-,49+,50+,51+,52+,53+/m1/s1. The van der Waals surface area contributed by atoms with Crippen LogP contribution in [0.25, 0.3) is 0 Å². The van der Waals surface area contributed by atoms with Gasteiger partial charge in [-0.25, -0.2) is 4.79 Å². The summed E-state index contributed by atoms with van der Waals surface area (Å²) in [6.45, 7) is 27.1. The smallest absolute Gasteiger partial charge is 0.329 e. The number of carbonyl (C=O) groups excluding carboxylic acids is 11. The molecule has 3 rings (SSSR count). The molecule has 1 aromatic carbocycles. The van der Waals surface area contributed by atoms with Gasteiger partial charge in [-0.2, -0.15) is 0 Å². The predicted octanol–water partition coefficient (Wildman–Crippen LogP) is 4.13. The summed E-state index contributed by atoms with van der Waals surface area (Å²) < 4.78 is 17.2. The van der Waals surface area contributed by atoms with E-state index in [4.69, 9.17) is 14.2 Å². The summed E-state index contributed by atoms with van der Waals surface area (Å²) >= 11 is 0. The summed E-state index contributed by atoms with van der Waals surface area (Å²) in [5.74, 6) is -10.5. The number of rotatable bonds is 14. The van der Waals surface area contributed by atoms with Crippen molar-refractivity contribution in [1.29, 1.82) is 0 Å². The minimum atomic E-state index is -1.59. The Labute approximate surface area is 510 Å². The Kier molecular flexibility index (Phi) is 27.7. The molecular formula is C63H101N9O14. The van der Waals surface area contributed by atoms with Crippen LogP contribution in [0.2, 0.25) is 0 Å². The van der Waals surface area contributed by atoms with E-state index in [-0.39, 0.29) is 26.0 Å². The molecule has 23 heteroatoms. The molecule has 0 radical (unpaired) electrons. The van der Waals surface area contributed by atoms with Gasteiger partial charge in [0.2, 0.25) is 47.3 Å². The van der Waals surface area contributed by atoms with Crippen LogP contribution in [0.1, 0.15) is 141 Å². The van der Waals surface area contributed by atoms with Gasteiger partial charge in [0.1, 0.15) is 66.3 Å². The molecule has 2 aliphatic rings. The maximum absolute atomic E-state index is 15.2. The third-order valence-corrected chi connectivity index (χ3v) is 16.4.